The molecule has 1 aliphatic rings. The minimum absolute atomic E-state index is 0.00874. The van der Waals surface area contributed by atoms with Gasteiger partial charge in [0.05, 0.1) is 0 Å². The van der Waals surface area contributed by atoms with Crippen LogP contribution in [0, 0.1) is 6.92 Å². The van der Waals surface area contributed by atoms with Gasteiger partial charge in [0.2, 0.25) is 0 Å². The molecule has 0 radical (unpaired) electrons. The first-order valence-corrected chi connectivity index (χ1v) is 10.3. The van der Waals surface area contributed by atoms with Crippen LogP contribution in [0.2, 0.25) is 0 Å². The van der Waals surface area contributed by atoms with Crippen molar-refractivity contribution in [1.82, 2.24) is 5.06 Å². The van der Waals surface area contributed by atoms with Crippen molar-refractivity contribution in [3.05, 3.63) is 71.3 Å². The minimum atomic E-state index is -0.00874. The van der Waals surface area contributed by atoms with Gasteiger partial charge in [-0.15, -0.1) is 0 Å². The third kappa shape index (κ3) is 4.44. The van der Waals surface area contributed by atoms with Crippen molar-refractivity contribution in [1.29, 1.82) is 0 Å². The molecule has 0 spiro atoms. The highest BCUT2D eigenvalue weighted by atomic mass is 16.7. The third-order valence-electron chi connectivity index (χ3n) is 6.08. The summed E-state index contributed by atoms with van der Waals surface area (Å²) in [6.07, 6.45) is 3.57. The Labute approximate surface area is 165 Å². The number of rotatable bonds is 5. The van der Waals surface area contributed by atoms with Crippen LogP contribution in [0.4, 0.5) is 0 Å². The Hall–Kier alpha value is -1.64. The van der Waals surface area contributed by atoms with Crippen molar-refractivity contribution in [2.75, 3.05) is 0 Å². The topological polar surface area (TPSA) is 12.5 Å². The lowest BCUT2D eigenvalue weighted by Gasteiger charge is -2.53. The van der Waals surface area contributed by atoms with E-state index in [1.165, 1.54) is 23.1 Å². The zero-order valence-electron chi connectivity index (χ0n) is 17.8. The summed E-state index contributed by atoms with van der Waals surface area (Å²) in [4.78, 5) is 6.89. The first-order valence-electron chi connectivity index (χ1n) is 10.3. The summed E-state index contributed by atoms with van der Waals surface area (Å²) in [5.74, 6) is 0.265. The van der Waals surface area contributed by atoms with Gasteiger partial charge in [-0.1, -0.05) is 67.1 Å². The molecule has 2 unspecified atom stereocenters. The molecular weight excluding hydrogens is 330 g/mol. The fraction of sp³-hybridized carbons (Fsp3) is 0.520. The SMILES string of the molecule is Cc1ccc(C(C)C(ON2C(C)(C)CCCC2(C)C)c2ccccc2)cc1. The summed E-state index contributed by atoms with van der Waals surface area (Å²) < 4.78 is 0. The molecule has 0 aliphatic carbocycles. The highest BCUT2D eigenvalue weighted by Gasteiger charge is 2.44. The number of hydroxylamine groups is 2. The summed E-state index contributed by atoms with van der Waals surface area (Å²) >= 11 is 0. The fourth-order valence-electron chi connectivity index (χ4n) is 4.50. The van der Waals surface area contributed by atoms with Crippen molar-refractivity contribution in [2.45, 2.75) is 83.9 Å². The number of hydrogen-bond donors (Lipinski definition) is 0. The maximum absolute atomic E-state index is 6.89. The van der Waals surface area contributed by atoms with Crippen LogP contribution in [0.15, 0.2) is 54.6 Å². The van der Waals surface area contributed by atoms with Crippen molar-refractivity contribution in [2.24, 2.45) is 0 Å². The van der Waals surface area contributed by atoms with Crippen LogP contribution in [0.25, 0.3) is 0 Å². The smallest absolute Gasteiger partial charge is 0.111 e. The van der Waals surface area contributed by atoms with E-state index in [4.69, 9.17) is 4.84 Å². The Balaban J connectivity index is 1.96. The molecule has 0 N–H and O–H groups in total. The van der Waals surface area contributed by atoms with E-state index in [2.05, 4.69) is 101 Å². The second-order valence-electron chi connectivity index (χ2n) is 9.41. The third-order valence-corrected chi connectivity index (χ3v) is 6.08. The van der Waals surface area contributed by atoms with E-state index in [0.717, 1.165) is 12.8 Å². The average molecular weight is 366 g/mol. The Kier molecular flexibility index (Phi) is 5.79. The van der Waals surface area contributed by atoms with Crippen LogP contribution >= 0.6 is 0 Å². The molecule has 0 saturated carbocycles. The number of nitrogens with zero attached hydrogens (tertiary/aromatic N) is 1. The van der Waals surface area contributed by atoms with Crippen LogP contribution in [0.5, 0.6) is 0 Å². The van der Waals surface area contributed by atoms with Gasteiger partial charge < -0.3 is 0 Å². The molecule has 1 aliphatic heterocycles. The average Bonchev–Trinajstić information content (AvgIpc) is 2.61. The molecule has 2 atom stereocenters. The molecule has 146 valence electrons. The van der Waals surface area contributed by atoms with Crippen LogP contribution < -0.4 is 0 Å². The molecule has 2 aromatic rings. The first kappa shape index (κ1) is 20.1. The van der Waals surface area contributed by atoms with Gasteiger partial charge in [0, 0.05) is 17.0 Å². The number of aryl methyl sites for hydroxylation is 1. The number of hydrogen-bond acceptors (Lipinski definition) is 2. The molecule has 1 fully saturated rings. The van der Waals surface area contributed by atoms with E-state index >= 15 is 0 Å². The standard InChI is InChI=1S/C25H35NO/c1-19-13-15-21(16-14-19)20(2)23(22-11-8-7-9-12-22)27-26-24(3,4)17-10-18-25(26,5)6/h7-9,11-16,20,23H,10,17-18H2,1-6H3. The van der Waals surface area contributed by atoms with Crippen LogP contribution in [0.3, 0.4) is 0 Å². The highest BCUT2D eigenvalue weighted by molar-refractivity contribution is 5.28. The molecule has 2 heteroatoms. The van der Waals surface area contributed by atoms with Crippen molar-refractivity contribution >= 4 is 0 Å². The summed E-state index contributed by atoms with van der Waals surface area (Å²) in [6, 6.07) is 19.6. The van der Waals surface area contributed by atoms with Gasteiger partial charge in [-0.25, -0.2) is 0 Å². The Morgan fingerprint density at radius 2 is 1.37 bits per heavy atom. The molecule has 1 heterocycles. The van der Waals surface area contributed by atoms with E-state index in [9.17, 15) is 0 Å². The molecule has 0 aromatic heterocycles. The minimum Gasteiger partial charge on any atom is -0.289 e. The fourth-order valence-corrected chi connectivity index (χ4v) is 4.50. The quantitative estimate of drug-likeness (QED) is 0.577. The monoisotopic (exact) mass is 365 g/mol. The van der Waals surface area contributed by atoms with Gasteiger partial charge >= 0.3 is 0 Å². The van der Waals surface area contributed by atoms with E-state index < -0.39 is 0 Å². The van der Waals surface area contributed by atoms with Gasteiger partial charge in [0.25, 0.3) is 0 Å². The van der Waals surface area contributed by atoms with Crippen molar-refractivity contribution in [3.63, 3.8) is 0 Å². The molecule has 1 saturated heterocycles. The van der Waals surface area contributed by atoms with E-state index in [0.29, 0.717) is 0 Å². The highest BCUT2D eigenvalue weighted by Crippen LogP contribution is 2.43. The number of piperidine rings is 1. The summed E-state index contributed by atoms with van der Waals surface area (Å²) in [7, 11) is 0. The lowest BCUT2D eigenvalue weighted by molar-refractivity contribution is -0.310. The van der Waals surface area contributed by atoms with Crippen LogP contribution in [0.1, 0.15) is 82.6 Å². The Morgan fingerprint density at radius 1 is 0.815 bits per heavy atom. The molecule has 27 heavy (non-hydrogen) atoms. The lowest BCUT2D eigenvalue weighted by atomic mass is 9.82. The predicted molar refractivity (Wildman–Crippen MR) is 114 cm³/mol. The van der Waals surface area contributed by atoms with Gasteiger partial charge in [-0.3, -0.25) is 4.84 Å². The zero-order chi connectivity index (χ0) is 19.7. The largest absolute Gasteiger partial charge is 0.289 e. The first-order chi connectivity index (χ1) is 12.7. The Morgan fingerprint density at radius 3 is 1.93 bits per heavy atom. The molecule has 2 nitrogen and oxygen atoms in total. The molecule has 0 bridgehead atoms. The molecular formula is C25H35NO. The van der Waals surface area contributed by atoms with Crippen LogP contribution in [-0.2, 0) is 4.84 Å². The van der Waals surface area contributed by atoms with E-state index in [1.807, 2.05) is 0 Å². The maximum atomic E-state index is 6.89. The van der Waals surface area contributed by atoms with Gasteiger partial charge in [0.1, 0.15) is 6.10 Å². The Bertz CT molecular complexity index is 717. The van der Waals surface area contributed by atoms with E-state index in [-0.39, 0.29) is 23.1 Å². The second kappa shape index (κ2) is 7.77. The summed E-state index contributed by atoms with van der Waals surface area (Å²) in [5, 5.41) is 2.30. The second-order valence-corrected chi connectivity index (χ2v) is 9.41. The molecule has 3 rings (SSSR count). The normalized spacial score (nSPS) is 21.6. The summed E-state index contributed by atoms with van der Waals surface area (Å²) in [6.45, 7) is 13.7. The number of benzene rings is 2. The van der Waals surface area contributed by atoms with Gasteiger partial charge in [-0.05, 0) is 65.0 Å². The van der Waals surface area contributed by atoms with Crippen molar-refractivity contribution < 1.29 is 4.84 Å². The van der Waals surface area contributed by atoms with Crippen molar-refractivity contribution in [3.8, 4) is 0 Å². The molecule has 2 aromatic carbocycles. The lowest BCUT2D eigenvalue weighted by Crippen LogP contribution is -2.58. The predicted octanol–water partition coefficient (Wildman–Crippen LogP) is 6.81. The van der Waals surface area contributed by atoms with Gasteiger partial charge in [0.15, 0.2) is 0 Å². The zero-order valence-corrected chi connectivity index (χ0v) is 17.8. The molecule has 0 amide bonds. The van der Waals surface area contributed by atoms with Crippen LogP contribution in [-0.4, -0.2) is 16.1 Å². The van der Waals surface area contributed by atoms with E-state index in [1.54, 1.807) is 0 Å². The maximum Gasteiger partial charge on any atom is 0.111 e. The summed E-state index contributed by atoms with van der Waals surface area (Å²) in [5.41, 5.74) is 3.91. The van der Waals surface area contributed by atoms with Gasteiger partial charge in [-0.2, -0.15) is 5.06 Å².